The molecule has 0 radical (unpaired) electrons. The molecule has 5 nitrogen and oxygen atoms in total. The second-order valence-electron chi connectivity index (χ2n) is 7.31. The van der Waals surface area contributed by atoms with Crippen molar-refractivity contribution in [3.05, 3.63) is 35.9 Å². The van der Waals surface area contributed by atoms with E-state index < -0.39 is 0 Å². The molecule has 2 amide bonds. The minimum atomic E-state index is -0.0563. The minimum Gasteiger partial charge on any atom is -0.326 e. The van der Waals surface area contributed by atoms with Crippen molar-refractivity contribution in [1.29, 1.82) is 0 Å². The van der Waals surface area contributed by atoms with Crippen LogP contribution in [0.2, 0.25) is 0 Å². The number of carbonyl (C=O) groups is 2. The van der Waals surface area contributed by atoms with Crippen molar-refractivity contribution in [2.24, 2.45) is 5.92 Å². The van der Waals surface area contributed by atoms with Gasteiger partial charge >= 0.3 is 0 Å². The van der Waals surface area contributed by atoms with E-state index >= 15 is 0 Å². The average molecular weight is 357 g/mol. The largest absolute Gasteiger partial charge is 0.326 e. The maximum atomic E-state index is 12.0. The molecule has 1 aromatic rings. The standard InChI is InChI=1S/C21H31N3O2/c1-16(2)14-20(25)23-18-8-10-19(11-9-18)24-21(26)15-22-13-12-17-6-4-3-5-7-17/h6,8-11,16,22H,3-5,7,12-15H2,1-2H3,(H,23,25)(H,24,26). The van der Waals surface area contributed by atoms with Gasteiger partial charge < -0.3 is 16.0 Å². The summed E-state index contributed by atoms with van der Waals surface area (Å²) in [5.74, 6) is 0.281. The van der Waals surface area contributed by atoms with E-state index in [4.69, 9.17) is 0 Å². The zero-order chi connectivity index (χ0) is 18.8. The van der Waals surface area contributed by atoms with Crippen LogP contribution in [0.15, 0.2) is 35.9 Å². The highest BCUT2D eigenvalue weighted by Gasteiger charge is 2.07. The second kappa shape index (κ2) is 10.8. The molecule has 0 spiro atoms. The summed E-state index contributed by atoms with van der Waals surface area (Å²) in [4.78, 5) is 23.7. The Kier molecular flexibility index (Phi) is 8.35. The molecule has 26 heavy (non-hydrogen) atoms. The maximum Gasteiger partial charge on any atom is 0.238 e. The number of anilines is 2. The van der Waals surface area contributed by atoms with E-state index in [2.05, 4.69) is 22.0 Å². The van der Waals surface area contributed by atoms with Gasteiger partial charge in [0.1, 0.15) is 0 Å². The van der Waals surface area contributed by atoms with Gasteiger partial charge in [-0.2, -0.15) is 0 Å². The predicted octanol–water partition coefficient (Wildman–Crippen LogP) is 4.09. The zero-order valence-corrected chi connectivity index (χ0v) is 15.9. The van der Waals surface area contributed by atoms with E-state index in [1.54, 1.807) is 24.3 Å². The molecule has 0 fully saturated rings. The van der Waals surface area contributed by atoms with Crippen LogP contribution in [0.5, 0.6) is 0 Å². The lowest BCUT2D eigenvalue weighted by Crippen LogP contribution is -2.29. The fraction of sp³-hybridized carbons (Fsp3) is 0.524. The van der Waals surface area contributed by atoms with Gasteiger partial charge in [0.2, 0.25) is 11.8 Å². The van der Waals surface area contributed by atoms with E-state index in [-0.39, 0.29) is 11.8 Å². The summed E-state index contributed by atoms with van der Waals surface area (Å²) >= 11 is 0. The predicted molar refractivity (Wildman–Crippen MR) is 107 cm³/mol. The molecule has 0 saturated heterocycles. The molecule has 2 rings (SSSR count). The van der Waals surface area contributed by atoms with Crippen LogP contribution >= 0.6 is 0 Å². The number of benzene rings is 1. The Bertz CT molecular complexity index is 621. The Balaban J connectivity index is 1.66. The first-order chi connectivity index (χ1) is 12.5. The van der Waals surface area contributed by atoms with Crippen LogP contribution < -0.4 is 16.0 Å². The molecule has 1 aromatic carbocycles. The molecule has 0 aromatic heterocycles. The Morgan fingerprint density at radius 1 is 1.00 bits per heavy atom. The number of nitrogens with one attached hydrogen (secondary N) is 3. The molecule has 1 aliphatic carbocycles. The van der Waals surface area contributed by atoms with E-state index in [9.17, 15) is 9.59 Å². The summed E-state index contributed by atoms with van der Waals surface area (Å²) in [7, 11) is 0. The Morgan fingerprint density at radius 2 is 1.65 bits per heavy atom. The lowest BCUT2D eigenvalue weighted by atomic mass is 9.97. The quantitative estimate of drug-likeness (QED) is 0.460. The number of amides is 2. The third kappa shape index (κ3) is 7.83. The Hall–Kier alpha value is -2.14. The highest BCUT2D eigenvalue weighted by molar-refractivity contribution is 5.93. The lowest BCUT2D eigenvalue weighted by Gasteiger charge is -2.13. The van der Waals surface area contributed by atoms with Crippen LogP contribution in [0.25, 0.3) is 0 Å². The average Bonchev–Trinajstić information content (AvgIpc) is 2.61. The van der Waals surface area contributed by atoms with Gasteiger partial charge in [0.25, 0.3) is 0 Å². The summed E-state index contributed by atoms with van der Waals surface area (Å²) in [5.41, 5.74) is 2.99. The lowest BCUT2D eigenvalue weighted by molar-refractivity contribution is -0.117. The Labute approximate surface area is 156 Å². The molecule has 0 heterocycles. The maximum absolute atomic E-state index is 12.0. The smallest absolute Gasteiger partial charge is 0.238 e. The van der Waals surface area contributed by atoms with Gasteiger partial charge in [0.05, 0.1) is 6.54 Å². The van der Waals surface area contributed by atoms with E-state index in [1.807, 2.05) is 13.8 Å². The third-order valence-electron chi connectivity index (χ3n) is 4.34. The minimum absolute atomic E-state index is 0.00839. The van der Waals surface area contributed by atoms with E-state index in [1.165, 1.54) is 31.3 Å². The molecular weight excluding hydrogens is 326 g/mol. The van der Waals surface area contributed by atoms with Crippen molar-refractivity contribution in [2.45, 2.75) is 52.4 Å². The first-order valence-corrected chi connectivity index (χ1v) is 9.61. The number of carbonyl (C=O) groups excluding carboxylic acids is 2. The van der Waals surface area contributed by atoms with Crippen LogP contribution in [0, 0.1) is 5.92 Å². The van der Waals surface area contributed by atoms with Gasteiger partial charge in [-0.1, -0.05) is 25.5 Å². The van der Waals surface area contributed by atoms with E-state index in [0.29, 0.717) is 18.9 Å². The normalized spacial score (nSPS) is 14.0. The third-order valence-corrected chi connectivity index (χ3v) is 4.34. The SMILES string of the molecule is CC(C)CC(=O)Nc1ccc(NC(=O)CNCCC2=CCCCC2)cc1. The topological polar surface area (TPSA) is 70.2 Å². The zero-order valence-electron chi connectivity index (χ0n) is 15.9. The summed E-state index contributed by atoms with van der Waals surface area (Å²) in [6.07, 6.45) is 8.86. The van der Waals surface area contributed by atoms with Gasteiger partial charge in [-0.25, -0.2) is 0 Å². The van der Waals surface area contributed by atoms with Crippen molar-refractivity contribution in [3.63, 3.8) is 0 Å². The van der Waals surface area contributed by atoms with Crippen LogP contribution in [0.1, 0.15) is 52.4 Å². The number of rotatable bonds is 9. The van der Waals surface area contributed by atoms with Gasteiger partial charge in [-0.3, -0.25) is 9.59 Å². The molecule has 0 aliphatic heterocycles. The summed E-state index contributed by atoms with van der Waals surface area (Å²) in [5, 5.41) is 8.92. The van der Waals surface area contributed by atoms with Gasteiger partial charge in [0, 0.05) is 17.8 Å². The molecular formula is C21H31N3O2. The van der Waals surface area contributed by atoms with Crippen molar-refractivity contribution < 1.29 is 9.59 Å². The van der Waals surface area contributed by atoms with Gasteiger partial charge in [0.15, 0.2) is 0 Å². The highest BCUT2D eigenvalue weighted by atomic mass is 16.2. The molecule has 0 saturated carbocycles. The molecule has 0 atom stereocenters. The molecule has 0 bridgehead atoms. The van der Waals surface area contributed by atoms with Gasteiger partial charge in [-0.05, 0) is 68.8 Å². The summed E-state index contributed by atoms with van der Waals surface area (Å²) in [6, 6.07) is 7.21. The van der Waals surface area contributed by atoms with Crippen molar-refractivity contribution in [1.82, 2.24) is 5.32 Å². The molecule has 5 heteroatoms. The fourth-order valence-electron chi connectivity index (χ4n) is 3.01. The molecule has 1 aliphatic rings. The number of allylic oxidation sites excluding steroid dienone is 1. The first-order valence-electron chi connectivity index (χ1n) is 9.61. The molecule has 3 N–H and O–H groups in total. The van der Waals surface area contributed by atoms with Crippen LogP contribution in [-0.4, -0.2) is 24.9 Å². The number of hydrogen-bond donors (Lipinski definition) is 3. The molecule has 0 unspecified atom stereocenters. The number of hydrogen-bond acceptors (Lipinski definition) is 3. The fourth-order valence-corrected chi connectivity index (χ4v) is 3.01. The van der Waals surface area contributed by atoms with Crippen molar-refractivity contribution in [2.75, 3.05) is 23.7 Å². The Morgan fingerprint density at radius 3 is 2.23 bits per heavy atom. The van der Waals surface area contributed by atoms with Gasteiger partial charge in [-0.15, -0.1) is 0 Å². The van der Waals surface area contributed by atoms with Crippen LogP contribution in [-0.2, 0) is 9.59 Å². The van der Waals surface area contributed by atoms with Crippen LogP contribution in [0.4, 0.5) is 11.4 Å². The van der Waals surface area contributed by atoms with Crippen molar-refractivity contribution in [3.8, 4) is 0 Å². The van der Waals surface area contributed by atoms with Crippen molar-refractivity contribution >= 4 is 23.2 Å². The summed E-state index contributed by atoms with van der Waals surface area (Å²) in [6.45, 7) is 5.16. The first kappa shape index (κ1) is 20.2. The second-order valence-corrected chi connectivity index (χ2v) is 7.31. The van der Waals surface area contributed by atoms with E-state index in [0.717, 1.165) is 24.3 Å². The van der Waals surface area contributed by atoms with Crippen LogP contribution in [0.3, 0.4) is 0 Å². The molecule has 142 valence electrons. The summed E-state index contributed by atoms with van der Waals surface area (Å²) < 4.78 is 0. The highest BCUT2D eigenvalue weighted by Crippen LogP contribution is 2.19. The monoisotopic (exact) mass is 357 g/mol.